The monoisotopic (exact) mass is 354 g/mol. The molecule has 0 amide bonds. The van der Waals surface area contributed by atoms with Crippen molar-refractivity contribution in [3.05, 3.63) is 47.2 Å². The molecular formula is C15H18N2O4S2. The van der Waals surface area contributed by atoms with Crippen LogP contribution in [0.15, 0.2) is 51.4 Å². The van der Waals surface area contributed by atoms with Crippen molar-refractivity contribution in [1.82, 2.24) is 4.31 Å². The van der Waals surface area contributed by atoms with Crippen LogP contribution in [-0.4, -0.2) is 26.7 Å². The van der Waals surface area contributed by atoms with Gasteiger partial charge in [0.25, 0.3) is 10.0 Å². The zero-order chi connectivity index (χ0) is 17.2. The normalized spacial score (nSPS) is 23.9. The van der Waals surface area contributed by atoms with Gasteiger partial charge in [0.1, 0.15) is 0 Å². The third-order valence-corrected chi connectivity index (χ3v) is 7.61. The number of fused-ring (bicyclic) bond motifs is 2. The number of aryl methyl sites for hydroxylation is 1. The van der Waals surface area contributed by atoms with E-state index in [2.05, 4.69) is 0 Å². The fourth-order valence-electron chi connectivity index (χ4n) is 3.11. The van der Waals surface area contributed by atoms with Crippen LogP contribution in [-0.2, 0) is 20.0 Å². The minimum Gasteiger partial charge on any atom is -0.256 e. The summed E-state index contributed by atoms with van der Waals surface area (Å²) in [6.45, 7) is 5.40. The lowest BCUT2D eigenvalue weighted by molar-refractivity contribution is 0.347. The topological polar surface area (TPSA) is 97.5 Å². The fraction of sp³-hybridized carbons (Fsp3) is 0.333. The summed E-state index contributed by atoms with van der Waals surface area (Å²) in [5.74, 6) is 0. The van der Waals surface area contributed by atoms with Crippen LogP contribution in [0.3, 0.4) is 0 Å². The Bertz CT molecular complexity index is 975. The van der Waals surface area contributed by atoms with E-state index in [4.69, 9.17) is 5.14 Å². The predicted molar refractivity (Wildman–Crippen MR) is 86.4 cm³/mol. The molecular weight excluding hydrogens is 336 g/mol. The van der Waals surface area contributed by atoms with Crippen LogP contribution in [0, 0.1) is 6.92 Å². The first-order valence-corrected chi connectivity index (χ1v) is 10.0. The van der Waals surface area contributed by atoms with Crippen molar-refractivity contribution in [2.24, 2.45) is 5.14 Å². The number of benzene rings is 1. The largest absolute Gasteiger partial charge is 0.265 e. The van der Waals surface area contributed by atoms with Gasteiger partial charge in [0, 0.05) is 5.70 Å². The van der Waals surface area contributed by atoms with E-state index < -0.39 is 25.6 Å². The van der Waals surface area contributed by atoms with Crippen molar-refractivity contribution < 1.29 is 16.8 Å². The Hall–Kier alpha value is -1.64. The molecule has 1 unspecified atom stereocenters. The molecule has 124 valence electrons. The van der Waals surface area contributed by atoms with Gasteiger partial charge in [-0.3, -0.25) is 4.31 Å². The van der Waals surface area contributed by atoms with E-state index >= 15 is 0 Å². The standard InChI is InChI=1S/C15H18N2O4S2/c1-10-4-5-13(22(16,18)19)9-14(10)23(20,21)17-12-6-7-15(17,3)11(2)8-12/h4-6,8-9H,7H2,1-3H3,(H2,16,18,19). The minimum absolute atomic E-state index is 0.0360. The van der Waals surface area contributed by atoms with E-state index in [9.17, 15) is 16.8 Å². The summed E-state index contributed by atoms with van der Waals surface area (Å²) in [4.78, 5) is -0.247. The first-order chi connectivity index (χ1) is 10.5. The zero-order valence-electron chi connectivity index (χ0n) is 13.1. The van der Waals surface area contributed by atoms with Gasteiger partial charge in [-0.05, 0) is 56.5 Å². The van der Waals surface area contributed by atoms with Crippen LogP contribution < -0.4 is 5.14 Å². The second-order valence-electron chi connectivity index (χ2n) is 6.18. The molecule has 23 heavy (non-hydrogen) atoms. The third kappa shape index (κ3) is 2.24. The first-order valence-electron chi connectivity index (χ1n) is 7.06. The summed E-state index contributed by atoms with van der Waals surface area (Å²) in [7, 11) is -7.86. The molecule has 8 heteroatoms. The average Bonchev–Trinajstić information content (AvgIpc) is 2.88. The summed E-state index contributed by atoms with van der Waals surface area (Å²) in [6.07, 6.45) is 4.33. The molecule has 2 aliphatic rings. The summed E-state index contributed by atoms with van der Waals surface area (Å²) in [6, 6.07) is 3.91. The molecule has 1 atom stereocenters. The van der Waals surface area contributed by atoms with Gasteiger partial charge in [-0.2, -0.15) is 0 Å². The van der Waals surface area contributed by atoms with Crippen molar-refractivity contribution in [2.75, 3.05) is 0 Å². The fourth-order valence-corrected chi connectivity index (χ4v) is 5.82. The number of sulfonamides is 2. The highest BCUT2D eigenvalue weighted by molar-refractivity contribution is 7.90. The molecule has 0 fully saturated rings. The SMILES string of the molecule is CC1=CC2=CCC1(C)N2S(=O)(=O)c1cc(S(N)(=O)=O)ccc1C. The van der Waals surface area contributed by atoms with E-state index in [0.717, 1.165) is 11.6 Å². The van der Waals surface area contributed by atoms with E-state index in [0.29, 0.717) is 17.7 Å². The molecule has 0 aromatic heterocycles. The van der Waals surface area contributed by atoms with Gasteiger partial charge in [0.05, 0.1) is 15.3 Å². The van der Waals surface area contributed by atoms with E-state index in [1.165, 1.54) is 16.4 Å². The van der Waals surface area contributed by atoms with Crippen LogP contribution in [0.5, 0.6) is 0 Å². The molecule has 0 saturated carbocycles. The lowest BCUT2D eigenvalue weighted by Gasteiger charge is -2.34. The average molecular weight is 354 g/mol. The maximum Gasteiger partial charge on any atom is 0.265 e. The van der Waals surface area contributed by atoms with Crippen LogP contribution in [0.4, 0.5) is 0 Å². The lowest BCUT2D eigenvalue weighted by atomic mass is 9.91. The van der Waals surface area contributed by atoms with Crippen molar-refractivity contribution in [1.29, 1.82) is 0 Å². The summed E-state index contributed by atoms with van der Waals surface area (Å²) < 4.78 is 50.8. The van der Waals surface area contributed by atoms with Gasteiger partial charge >= 0.3 is 0 Å². The highest BCUT2D eigenvalue weighted by Crippen LogP contribution is 2.48. The Morgan fingerprint density at radius 2 is 1.83 bits per heavy atom. The van der Waals surface area contributed by atoms with Crippen LogP contribution in [0.2, 0.25) is 0 Å². The van der Waals surface area contributed by atoms with Gasteiger partial charge < -0.3 is 0 Å². The highest BCUT2D eigenvalue weighted by Gasteiger charge is 2.49. The Kier molecular flexibility index (Phi) is 3.30. The molecule has 2 bridgehead atoms. The van der Waals surface area contributed by atoms with Gasteiger partial charge in [0.15, 0.2) is 0 Å². The van der Waals surface area contributed by atoms with Crippen LogP contribution in [0.25, 0.3) is 0 Å². The molecule has 0 spiro atoms. The summed E-state index contributed by atoms with van der Waals surface area (Å²) in [5.41, 5.74) is 1.45. The van der Waals surface area contributed by atoms with Gasteiger partial charge in [-0.15, -0.1) is 0 Å². The second kappa shape index (κ2) is 4.68. The Labute approximate surface area is 136 Å². The van der Waals surface area contributed by atoms with E-state index in [1.54, 1.807) is 6.92 Å². The quantitative estimate of drug-likeness (QED) is 0.892. The molecule has 3 rings (SSSR count). The smallest absolute Gasteiger partial charge is 0.256 e. The van der Waals surface area contributed by atoms with Crippen molar-refractivity contribution >= 4 is 20.0 Å². The number of rotatable bonds is 3. The predicted octanol–water partition coefficient (Wildman–Crippen LogP) is 1.64. The molecule has 1 aromatic carbocycles. The van der Waals surface area contributed by atoms with Crippen molar-refractivity contribution in [3.8, 4) is 0 Å². The molecule has 6 nitrogen and oxygen atoms in total. The summed E-state index contributed by atoms with van der Waals surface area (Å²) in [5, 5.41) is 5.13. The molecule has 0 aliphatic carbocycles. The molecule has 2 heterocycles. The summed E-state index contributed by atoms with van der Waals surface area (Å²) >= 11 is 0. The number of primary sulfonamides is 1. The van der Waals surface area contributed by atoms with Crippen LogP contribution in [0.1, 0.15) is 25.8 Å². The zero-order valence-corrected chi connectivity index (χ0v) is 14.7. The van der Waals surface area contributed by atoms with Crippen LogP contribution >= 0.6 is 0 Å². The number of nitrogens with two attached hydrogens (primary N) is 1. The third-order valence-electron chi connectivity index (χ3n) is 4.61. The number of nitrogens with zero attached hydrogens (tertiary/aromatic N) is 1. The molecule has 2 aliphatic heterocycles. The highest BCUT2D eigenvalue weighted by atomic mass is 32.2. The van der Waals surface area contributed by atoms with Gasteiger partial charge in [-0.1, -0.05) is 12.1 Å². The maximum atomic E-state index is 13.2. The molecule has 0 radical (unpaired) electrons. The molecule has 1 aromatic rings. The number of hydrogen-bond donors (Lipinski definition) is 1. The second-order valence-corrected chi connectivity index (χ2v) is 9.49. The van der Waals surface area contributed by atoms with Gasteiger partial charge in [-0.25, -0.2) is 22.0 Å². The van der Waals surface area contributed by atoms with Crippen molar-refractivity contribution in [2.45, 2.75) is 42.5 Å². The lowest BCUT2D eigenvalue weighted by Crippen LogP contribution is -2.43. The van der Waals surface area contributed by atoms with Crippen molar-refractivity contribution in [3.63, 3.8) is 0 Å². The van der Waals surface area contributed by atoms with E-state index in [1.807, 2.05) is 26.0 Å². The Morgan fingerprint density at radius 3 is 2.30 bits per heavy atom. The molecule has 2 N–H and O–H groups in total. The maximum absolute atomic E-state index is 13.2. The number of allylic oxidation sites excluding steroid dienone is 1. The molecule has 0 saturated heterocycles. The number of hydrogen-bond acceptors (Lipinski definition) is 4. The minimum atomic E-state index is -3.97. The Balaban J connectivity index is 2.18. The van der Waals surface area contributed by atoms with Gasteiger partial charge in [0.2, 0.25) is 10.0 Å². The first kappa shape index (κ1) is 16.2. The Morgan fingerprint density at radius 1 is 1.17 bits per heavy atom. The van der Waals surface area contributed by atoms with E-state index in [-0.39, 0.29) is 9.79 Å².